The van der Waals surface area contributed by atoms with E-state index in [1.54, 1.807) is 6.92 Å². The van der Waals surface area contributed by atoms with Crippen molar-refractivity contribution in [3.63, 3.8) is 0 Å². The highest BCUT2D eigenvalue weighted by Crippen LogP contribution is 2.11. The lowest BCUT2D eigenvalue weighted by atomic mass is 10.2. The van der Waals surface area contributed by atoms with Crippen LogP contribution >= 0.6 is 0 Å². The number of nitrogens with zero attached hydrogens (tertiary/aromatic N) is 1. The molecule has 0 aliphatic carbocycles. The molecule has 0 heterocycles. The van der Waals surface area contributed by atoms with Crippen molar-refractivity contribution in [2.75, 3.05) is 0 Å². The Kier molecular flexibility index (Phi) is 2.93. The molecule has 1 rings (SSSR count). The van der Waals surface area contributed by atoms with Crippen LogP contribution in [-0.4, -0.2) is 5.96 Å². The number of guanidine groups is 1. The van der Waals surface area contributed by atoms with Crippen molar-refractivity contribution in [1.82, 2.24) is 0 Å². The third kappa shape index (κ3) is 2.88. The second-order valence-corrected chi connectivity index (χ2v) is 2.46. The van der Waals surface area contributed by atoms with Crippen molar-refractivity contribution in [3.8, 4) is 11.8 Å². The molecule has 0 aliphatic rings. The molecule has 3 heteroatoms. The van der Waals surface area contributed by atoms with Crippen LogP contribution in [0.4, 0.5) is 5.69 Å². The summed E-state index contributed by atoms with van der Waals surface area (Å²) in [5.74, 6) is 5.80. The van der Waals surface area contributed by atoms with E-state index >= 15 is 0 Å². The highest BCUT2D eigenvalue weighted by atomic mass is 15.0. The maximum absolute atomic E-state index is 5.22. The fourth-order valence-corrected chi connectivity index (χ4v) is 0.913. The van der Waals surface area contributed by atoms with E-state index in [4.69, 9.17) is 11.5 Å². The average molecular weight is 173 g/mol. The molecule has 13 heavy (non-hydrogen) atoms. The maximum atomic E-state index is 5.22. The summed E-state index contributed by atoms with van der Waals surface area (Å²) in [7, 11) is 0. The summed E-state index contributed by atoms with van der Waals surface area (Å²) in [4.78, 5) is 3.88. The first-order valence-electron chi connectivity index (χ1n) is 3.85. The van der Waals surface area contributed by atoms with Gasteiger partial charge < -0.3 is 11.5 Å². The van der Waals surface area contributed by atoms with Gasteiger partial charge in [0.2, 0.25) is 0 Å². The van der Waals surface area contributed by atoms with Crippen LogP contribution < -0.4 is 11.5 Å². The van der Waals surface area contributed by atoms with Gasteiger partial charge in [0, 0.05) is 5.56 Å². The number of hydrogen-bond acceptors (Lipinski definition) is 1. The number of benzene rings is 1. The van der Waals surface area contributed by atoms with Crippen LogP contribution in [0.2, 0.25) is 0 Å². The molecule has 0 spiro atoms. The van der Waals surface area contributed by atoms with E-state index in [2.05, 4.69) is 16.8 Å². The lowest BCUT2D eigenvalue weighted by Gasteiger charge is -1.94. The van der Waals surface area contributed by atoms with E-state index in [1.807, 2.05) is 24.3 Å². The minimum Gasteiger partial charge on any atom is -0.370 e. The first kappa shape index (κ1) is 9.14. The molecule has 1 aromatic rings. The molecule has 0 atom stereocenters. The lowest BCUT2D eigenvalue weighted by molar-refractivity contribution is 1.42. The van der Waals surface area contributed by atoms with Gasteiger partial charge in [0.25, 0.3) is 0 Å². The van der Waals surface area contributed by atoms with E-state index < -0.39 is 0 Å². The van der Waals surface area contributed by atoms with E-state index in [1.165, 1.54) is 0 Å². The standard InChI is InChI=1S/C10H11N3/c1-2-3-8-4-6-9(7-5-8)13-10(11)12/h4-7H,1H3,(H4,11,12,13). The largest absolute Gasteiger partial charge is 0.370 e. The summed E-state index contributed by atoms with van der Waals surface area (Å²) in [5, 5.41) is 0. The molecule has 4 N–H and O–H groups in total. The van der Waals surface area contributed by atoms with Crippen LogP contribution in [0, 0.1) is 11.8 Å². The Bertz CT molecular complexity index is 361. The summed E-state index contributed by atoms with van der Waals surface area (Å²) < 4.78 is 0. The molecule has 0 aromatic heterocycles. The molecule has 66 valence electrons. The SMILES string of the molecule is CC#Cc1ccc(N=C(N)N)cc1. The van der Waals surface area contributed by atoms with Gasteiger partial charge in [-0.05, 0) is 31.2 Å². The Morgan fingerprint density at radius 1 is 1.23 bits per heavy atom. The highest BCUT2D eigenvalue weighted by molar-refractivity contribution is 5.79. The van der Waals surface area contributed by atoms with Gasteiger partial charge in [0.15, 0.2) is 5.96 Å². The Morgan fingerprint density at radius 2 is 1.85 bits per heavy atom. The number of rotatable bonds is 1. The fraction of sp³-hybridized carbons (Fsp3) is 0.100. The average Bonchev–Trinajstić information content (AvgIpc) is 2.08. The Balaban J connectivity index is 2.92. The molecular formula is C10H11N3. The quantitative estimate of drug-likeness (QED) is 0.377. The number of aliphatic imine (C=N–C) groups is 1. The second-order valence-electron chi connectivity index (χ2n) is 2.46. The molecule has 0 saturated heterocycles. The zero-order valence-electron chi connectivity index (χ0n) is 7.41. The molecule has 0 radical (unpaired) electrons. The van der Waals surface area contributed by atoms with Crippen LogP contribution in [0.5, 0.6) is 0 Å². The summed E-state index contributed by atoms with van der Waals surface area (Å²) in [6, 6.07) is 7.38. The molecule has 0 saturated carbocycles. The molecule has 0 unspecified atom stereocenters. The van der Waals surface area contributed by atoms with Gasteiger partial charge in [-0.2, -0.15) is 0 Å². The van der Waals surface area contributed by atoms with Gasteiger partial charge in [-0.25, -0.2) is 4.99 Å². The molecule has 3 nitrogen and oxygen atoms in total. The minimum atomic E-state index is 0.0642. The zero-order chi connectivity index (χ0) is 9.68. The second kappa shape index (κ2) is 4.17. The summed E-state index contributed by atoms with van der Waals surface area (Å²) >= 11 is 0. The van der Waals surface area contributed by atoms with E-state index in [0.717, 1.165) is 11.3 Å². The van der Waals surface area contributed by atoms with Gasteiger partial charge in [-0.15, -0.1) is 5.92 Å². The Morgan fingerprint density at radius 3 is 2.31 bits per heavy atom. The number of nitrogens with two attached hydrogens (primary N) is 2. The van der Waals surface area contributed by atoms with Crippen LogP contribution in [0.1, 0.15) is 12.5 Å². The van der Waals surface area contributed by atoms with Crippen molar-refractivity contribution in [3.05, 3.63) is 29.8 Å². The Labute approximate surface area is 77.5 Å². The molecular weight excluding hydrogens is 162 g/mol. The smallest absolute Gasteiger partial charge is 0.191 e. The monoisotopic (exact) mass is 173 g/mol. The van der Waals surface area contributed by atoms with Gasteiger partial charge in [0.1, 0.15) is 0 Å². The van der Waals surface area contributed by atoms with Crippen LogP contribution in [0.15, 0.2) is 29.3 Å². The van der Waals surface area contributed by atoms with Crippen molar-refractivity contribution >= 4 is 11.6 Å². The molecule has 0 fully saturated rings. The van der Waals surface area contributed by atoms with Gasteiger partial charge >= 0.3 is 0 Å². The van der Waals surface area contributed by atoms with Crippen LogP contribution in [0.3, 0.4) is 0 Å². The van der Waals surface area contributed by atoms with Crippen molar-refractivity contribution in [2.45, 2.75) is 6.92 Å². The van der Waals surface area contributed by atoms with Gasteiger partial charge in [-0.3, -0.25) is 0 Å². The first-order valence-corrected chi connectivity index (χ1v) is 3.85. The van der Waals surface area contributed by atoms with E-state index in [0.29, 0.717) is 0 Å². The summed E-state index contributed by atoms with van der Waals surface area (Å²) in [6.45, 7) is 1.80. The van der Waals surface area contributed by atoms with Crippen molar-refractivity contribution < 1.29 is 0 Å². The third-order valence-electron chi connectivity index (χ3n) is 1.39. The molecule has 0 aliphatic heterocycles. The summed E-state index contributed by atoms with van der Waals surface area (Å²) in [5.41, 5.74) is 12.1. The predicted molar refractivity (Wildman–Crippen MR) is 54.5 cm³/mol. The van der Waals surface area contributed by atoms with Crippen molar-refractivity contribution in [2.24, 2.45) is 16.5 Å². The van der Waals surface area contributed by atoms with Crippen LogP contribution in [0.25, 0.3) is 0 Å². The maximum Gasteiger partial charge on any atom is 0.191 e. The van der Waals surface area contributed by atoms with Crippen LogP contribution in [-0.2, 0) is 0 Å². The van der Waals surface area contributed by atoms with Gasteiger partial charge in [0.05, 0.1) is 5.69 Å². The van der Waals surface area contributed by atoms with Gasteiger partial charge in [-0.1, -0.05) is 5.92 Å². The fourth-order valence-electron chi connectivity index (χ4n) is 0.913. The first-order chi connectivity index (χ1) is 6.22. The topological polar surface area (TPSA) is 64.4 Å². The normalized spacial score (nSPS) is 8.38. The molecule has 0 bridgehead atoms. The van der Waals surface area contributed by atoms with E-state index in [-0.39, 0.29) is 5.96 Å². The number of hydrogen-bond donors (Lipinski definition) is 2. The third-order valence-corrected chi connectivity index (χ3v) is 1.39. The predicted octanol–water partition coefficient (Wildman–Crippen LogP) is 0.963. The molecule has 0 amide bonds. The van der Waals surface area contributed by atoms with Crippen molar-refractivity contribution in [1.29, 1.82) is 0 Å². The highest BCUT2D eigenvalue weighted by Gasteiger charge is 1.89. The lowest BCUT2D eigenvalue weighted by Crippen LogP contribution is -2.21. The Hall–Kier alpha value is -1.95. The molecule has 1 aromatic carbocycles. The van der Waals surface area contributed by atoms with E-state index in [9.17, 15) is 0 Å². The summed E-state index contributed by atoms with van der Waals surface area (Å²) in [6.07, 6.45) is 0. The minimum absolute atomic E-state index is 0.0642. The zero-order valence-corrected chi connectivity index (χ0v) is 7.41.